The molecule has 2 aliphatic carbocycles. The molecule has 146 valence electrons. The van der Waals surface area contributed by atoms with Crippen LogP contribution in [0.15, 0.2) is 30.4 Å². The fourth-order valence-corrected chi connectivity index (χ4v) is 4.77. The minimum Gasteiger partial charge on any atom is -0.204 e. The van der Waals surface area contributed by atoms with Crippen LogP contribution in [0.25, 0.3) is 0 Å². The van der Waals surface area contributed by atoms with Crippen molar-refractivity contribution in [1.29, 1.82) is 0 Å². The summed E-state index contributed by atoms with van der Waals surface area (Å²) < 4.78 is 26.5. The SMILES string of the molecule is CCCC1CCC(C=CC#CC2CCC(c3ccc(F)c(F)c3)CC2)CC1. The molecule has 2 aliphatic rings. The van der Waals surface area contributed by atoms with Crippen LogP contribution >= 0.6 is 0 Å². The topological polar surface area (TPSA) is 0 Å². The number of hydrogen-bond donors (Lipinski definition) is 0. The molecule has 2 fully saturated rings. The van der Waals surface area contributed by atoms with Crippen LogP contribution in [0.1, 0.15) is 82.6 Å². The van der Waals surface area contributed by atoms with E-state index in [1.165, 1.54) is 50.7 Å². The Morgan fingerprint density at radius 1 is 0.963 bits per heavy atom. The van der Waals surface area contributed by atoms with E-state index in [9.17, 15) is 8.78 Å². The smallest absolute Gasteiger partial charge is 0.159 e. The van der Waals surface area contributed by atoms with Crippen molar-refractivity contribution in [3.05, 3.63) is 47.5 Å². The molecule has 0 atom stereocenters. The molecule has 0 spiro atoms. The number of benzene rings is 1. The Balaban J connectivity index is 1.41. The first kappa shape index (κ1) is 20.1. The predicted molar refractivity (Wildman–Crippen MR) is 108 cm³/mol. The van der Waals surface area contributed by atoms with Crippen molar-refractivity contribution in [3.63, 3.8) is 0 Å². The standard InChI is InChI=1S/C25H32F2/c1-2-5-19-8-10-20(11-9-19)6-3-4-7-21-12-14-22(15-13-21)23-16-17-24(26)25(27)18-23/h3,6,16-22H,2,5,8-15H2,1H3. The lowest BCUT2D eigenvalue weighted by Crippen LogP contribution is -2.13. The Bertz CT molecular complexity index is 678. The van der Waals surface area contributed by atoms with Crippen LogP contribution in [0.2, 0.25) is 0 Å². The Morgan fingerprint density at radius 3 is 2.37 bits per heavy atom. The number of halogens is 2. The van der Waals surface area contributed by atoms with Gasteiger partial charge in [0.05, 0.1) is 0 Å². The fourth-order valence-electron chi connectivity index (χ4n) is 4.77. The Hall–Kier alpha value is -1.62. The summed E-state index contributed by atoms with van der Waals surface area (Å²) in [6.07, 6.45) is 16.6. The molecule has 0 saturated heterocycles. The summed E-state index contributed by atoms with van der Waals surface area (Å²) in [5, 5.41) is 0. The van der Waals surface area contributed by atoms with Gasteiger partial charge in [-0.1, -0.05) is 43.7 Å². The third-order valence-electron chi connectivity index (χ3n) is 6.47. The van der Waals surface area contributed by atoms with Gasteiger partial charge in [-0.2, -0.15) is 0 Å². The molecule has 0 nitrogen and oxygen atoms in total. The van der Waals surface area contributed by atoms with Gasteiger partial charge in [0.2, 0.25) is 0 Å². The highest BCUT2D eigenvalue weighted by Crippen LogP contribution is 2.36. The highest BCUT2D eigenvalue weighted by atomic mass is 19.2. The van der Waals surface area contributed by atoms with E-state index in [4.69, 9.17) is 0 Å². The monoisotopic (exact) mass is 370 g/mol. The zero-order valence-electron chi connectivity index (χ0n) is 16.5. The van der Waals surface area contributed by atoms with Gasteiger partial charge < -0.3 is 0 Å². The molecule has 0 bridgehead atoms. The lowest BCUT2D eigenvalue weighted by atomic mass is 9.79. The summed E-state index contributed by atoms with van der Waals surface area (Å²) >= 11 is 0. The molecule has 0 aromatic heterocycles. The molecular formula is C25H32F2. The van der Waals surface area contributed by atoms with Gasteiger partial charge in [0.25, 0.3) is 0 Å². The Morgan fingerprint density at radius 2 is 1.70 bits per heavy atom. The average molecular weight is 371 g/mol. The summed E-state index contributed by atoms with van der Waals surface area (Å²) in [7, 11) is 0. The van der Waals surface area contributed by atoms with E-state index in [0.29, 0.717) is 11.8 Å². The van der Waals surface area contributed by atoms with Crippen molar-refractivity contribution in [3.8, 4) is 11.8 Å². The molecule has 2 saturated carbocycles. The van der Waals surface area contributed by atoms with E-state index in [-0.39, 0.29) is 0 Å². The van der Waals surface area contributed by atoms with Crippen molar-refractivity contribution >= 4 is 0 Å². The molecule has 0 N–H and O–H groups in total. The van der Waals surface area contributed by atoms with Gasteiger partial charge in [-0.25, -0.2) is 8.78 Å². The van der Waals surface area contributed by atoms with E-state index in [0.717, 1.165) is 43.1 Å². The minimum absolute atomic E-state index is 0.340. The summed E-state index contributed by atoms with van der Waals surface area (Å²) in [6, 6.07) is 4.34. The highest BCUT2D eigenvalue weighted by Gasteiger charge is 2.22. The van der Waals surface area contributed by atoms with E-state index < -0.39 is 11.6 Å². The van der Waals surface area contributed by atoms with Crippen molar-refractivity contribution < 1.29 is 8.78 Å². The molecule has 0 heterocycles. The first-order chi connectivity index (χ1) is 13.2. The maximum absolute atomic E-state index is 13.4. The molecular weight excluding hydrogens is 338 g/mol. The van der Waals surface area contributed by atoms with Crippen molar-refractivity contribution in [1.82, 2.24) is 0 Å². The molecule has 1 aromatic rings. The predicted octanol–water partition coefficient (Wildman–Crippen LogP) is 7.40. The number of hydrogen-bond acceptors (Lipinski definition) is 0. The highest BCUT2D eigenvalue weighted by molar-refractivity contribution is 5.23. The van der Waals surface area contributed by atoms with E-state index >= 15 is 0 Å². The first-order valence-corrected chi connectivity index (χ1v) is 10.8. The third kappa shape index (κ3) is 5.93. The fraction of sp³-hybridized carbons (Fsp3) is 0.600. The normalized spacial score (nSPS) is 28.7. The Labute approximate surface area is 163 Å². The van der Waals surface area contributed by atoms with Crippen LogP contribution in [-0.4, -0.2) is 0 Å². The lowest BCUT2D eigenvalue weighted by molar-refractivity contribution is 0.294. The van der Waals surface area contributed by atoms with Crippen LogP contribution in [0.5, 0.6) is 0 Å². The van der Waals surface area contributed by atoms with Crippen molar-refractivity contribution in [2.75, 3.05) is 0 Å². The molecule has 0 aliphatic heterocycles. The summed E-state index contributed by atoms with van der Waals surface area (Å²) in [4.78, 5) is 0. The van der Waals surface area contributed by atoms with Gasteiger partial charge in [-0.15, -0.1) is 0 Å². The quantitative estimate of drug-likeness (QED) is 0.484. The van der Waals surface area contributed by atoms with Gasteiger partial charge in [0.15, 0.2) is 11.6 Å². The van der Waals surface area contributed by atoms with Gasteiger partial charge in [-0.05, 0) is 92.9 Å². The number of rotatable bonds is 4. The maximum atomic E-state index is 13.4. The maximum Gasteiger partial charge on any atom is 0.159 e. The van der Waals surface area contributed by atoms with E-state index in [2.05, 4.69) is 30.9 Å². The molecule has 2 heteroatoms. The third-order valence-corrected chi connectivity index (χ3v) is 6.47. The average Bonchev–Trinajstić information content (AvgIpc) is 2.69. The van der Waals surface area contributed by atoms with Crippen LogP contribution in [0.4, 0.5) is 8.78 Å². The van der Waals surface area contributed by atoms with Gasteiger partial charge in [0, 0.05) is 5.92 Å². The van der Waals surface area contributed by atoms with Crippen LogP contribution < -0.4 is 0 Å². The largest absolute Gasteiger partial charge is 0.204 e. The van der Waals surface area contributed by atoms with Crippen LogP contribution in [0.3, 0.4) is 0 Å². The molecule has 1 aromatic carbocycles. The summed E-state index contributed by atoms with van der Waals surface area (Å²) in [5.41, 5.74) is 0.930. The molecule has 0 amide bonds. The van der Waals surface area contributed by atoms with E-state index in [1.807, 2.05) is 0 Å². The van der Waals surface area contributed by atoms with Crippen molar-refractivity contribution in [2.45, 2.75) is 77.0 Å². The van der Waals surface area contributed by atoms with Crippen LogP contribution in [-0.2, 0) is 0 Å². The van der Waals surface area contributed by atoms with Gasteiger partial charge in [0.1, 0.15) is 0 Å². The molecule has 3 rings (SSSR count). The van der Waals surface area contributed by atoms with E-state index in [1.54, 1.807) is 6.07 Å². The summed E-state index contributed by atoms with van der Waals surface area (Å²) in [5.74, 6) is 7.64. The first-order valence-electron chi connectivity index (χ1n) is 10.8. The van der Waals surface area contributed by atoms with Crippen molar-refractivity contribution in [2.24, 2.45) is 17.8 Å². The summed E-state index contributed by atoms with van der Waals surface area (Å²) in [6.45, 7) is 2.28. The Kier molecular flexibility index (Phi) is 7.50. The second-order valence-corrected chi connectivity index (χ2v) is 8.44. The second kappa shape index (κ2) is 10.1. The zero-order chi connectivity index (χ0) is 19.1. The van der Waals surface area contributed by atoms with Gasteiger partial charge in [-0.3, -0.25) is 0 Å². The van der Waals surface area contributed by atoms with Crippen LogP contribution in [0, 0.1) is 41.2 Å². The molecule has 27 heavy (non-hydrogen) atoms. The molecule has 0 radical (unpaired) electrons. The zero-order valence-corrected chi connectivity index (χ0v) is 16.5. The van der Waals surface area contributed by atoms with Gasteiger partial charge >= 0.3 is 0 Å². The lowest BCUT2D eigenvalue weighted by Gasteiger charge is -2.26. The minimum atomic E-state index is -0.760. The number of allylic oxidation sites excluding steroid dienone is 2. The molecule has 0 unspecified atom stereocenters. The second-order valence-electron chi connectivity index (χ2n) is 8.44.